The zero-order valence-corrected chi connectivity index (χ0v) is 17.9. The number of hydrogen-bond donors (Lipinski definition) is 2. The van der Waals surface area contributed by atoms with Crippen LogP contribution in [-0.2, 0) is 0 Å². The van der Waals surface area contributed by atoms with Crippen molar-refractivity contribution in [1.82, 2.24) is 10.3 Å². The minimum Gasteiger partial charge on any atom is -0.349 e. The van der Waals surface area contributed by atoms with Gasteiger partial charge < -0.3 is 10.6 Å². The van der Waals surface area contributed by atoms with E-state index in [0.717, 1.165) is 17.0 Å². The molecule has 0 radical (unpaired) electrons. The third-order valence-corrected chi connectivity index (χ3v) is 6.32. The first-order chi connectivity index (χ1) is 14.3. The van der Waals surface area contributed by atoms with Gasteiger partial charge in [0.15, 0.2) is 0 Å². The van der Waals surface area contributed by atoms with Crippen LogP contribution in [0.4, 0.5) is 10.1 Å². The molecule has 0 aliphatic heterocycles. The summed E-state index contributed by atoms with van der Waals surface area (Å²) in [5.41, 5.74) is 1.78. The number of carbonyl (C=O) groups excluding carboxylic acids is 2. The molecule has 2 N–H and O–H groups in total. The van der Waals surface area contributed by atoms with E-state index >= 15 is 0 Å². The smallest absolute Gasteiger partial charge is 0.267 e. The Balaban J connectivity index is 1.49. The summed E-state index contributed by atoms with van der Waals surface area (Å²) in [6.07, 6.45) is 2.24. The lowest BCUT2D eigenvalue weighted by molar-refractivity contribution is 0.0945. The Hall–Kier alpha value is -2.77. The molecule has 1 aliphatic rings. The number of hydrogen-bond acceptors (Lipinski definition) is 4. The molecular weight excluding hydrogens is 425 g/mol. The molecule has 8 heteroatoms. The number of halogens is 2. The van der Waals surface area contributed by atoms with Crippen molar-refractivity contribution in [2.75, 3.05) is 5.32 Å². The number of nitrogens with zero attached hydrogens (tertiary/aromatic N) is 1. The van der Waals surface area contributed by atoms with Crippen LogP contribution in [0.25, 0.3) is 0 Å². The Labute approximate surface area is 182 Å². The molecule has 2 amide bonds. The van der Waals surface area contributed by atoms with E-state index in [1.54, 1.807) is 13.8 Å². The molecule has 4 rings (SSSR count). The first-order valence-electron chi connectivity index (χ1n) is 9.42. The van der Waals surface area contributed by atoms with Crippen LogP contribution >= 0.6 is 22.9 Å². The molecule has 1 aromatic heterocycles. The van der Waals surface area contributed by atoms with Gasteiger partial charge in [-0.2, -0.15) is 0 Å². The van der Waals surface area contributed by atoms with Crippen LogP contribution in [-0.4, -0.2) is 22.8 Å². The lowest BCUT2D eigenvalue weighted by Crippen LogP contribution is -2.27. The van der Waals surface area contributed by atoms with Gasteiger partial charge in [-0.25, -0.2) is 9.37 Å². The van der Waals surface area contributed by atoms with E-state index in [2.05, 4.69) is 15.6 Å². The summed E-state index contributed by atoms with van der Waals surface area (Å²) < 4.78 is 14.5. The molecule has 1 aliphatic carbocycles. The Morgan fingerprint density at radius 2 is 1.97 bits per heavy atom. The fraction of sp³-hybridized carbons (Fsp3) is 0.227. The topological polar surface area (TPSA) is 71.1 Å². The highest BCUT2D eigenvalue weighted by atomic mass is 35.5. The third kappa shape index (κ3) is 4.22. The van der Waals surface area contributed by atoms with E-state index in [1.165, 1.54) is 29.7 Å². The molecular formula is C22H19ClFN3O2S. The fourth-order valence-electron chi connectivity index (χ4n) is 3.35. The predicted molar refractivity (Wildman–Crippen MR) is 116 cm³/mol. The van der Waals surface area contributed by atoms with Crippen molar-refractivity contribution in [1.29, 1.82) is 0 Å². The summed E-state index contributed by atoms with van der Waals surface area (Å²) in [6, 6.07) is 10.0. The van der Waals surface area contributed by atoms with Crippen LogP contribution in [0.5, 0.6) is 0 Å². The molecule has 1 fully saturated rings. The fourth-order valence-corrected chi connectivity index (χ4v) is 4.30. The second-order valence-corrected chi connectivity index (χ2v) is 8.93. The molecule has 0 saturated heterocycles. The standard InChI is InChI=1S/C22H19ClFN3O2S/c1-11-7-17(24)15(9-18(11)26-22(29)20-10-25-12(2)30-20)21(28)27-19-8-14(19)13-5-3-4-6-16(13)23/h3-7,9-10,14,19H,8H2,1-2H3,(H,26,29)(H,27,28)/t14-,19-/m1/s1. The zero-order valence-electron chi connectivity index (χ0n) is 16.3. The molecule has 2 aromatic carbocycles. The highest BCUT2D eigenvalue weighted by molar-refractivity contribution is 7.13. The SMILES string of the molecule is Cc1ncc(C(=O)Nc2cc(C(=O)N[C@@H]3C[C@@H]3c3ccccc3Cl)c(F)cc2C)s1. The monoisotopic (exact) mass is 443 g/mol. The average molecular weight is 444 g/mol. The van der Waals surface area contributed by atoms with Crippen LogP contribution in [0, 0.1) is 19.7 Å². The molecule has 0 bridgehead atoms. The van der Waals surface area contributed by atoms with Crippen LogP contribution in [0.1, 0.15) is 48.5 Å². The van der Waals surface area contributed by atoms with E-state index in [-0.39, 0.29) is 23.4 Å². The largest absolute Gasteiger partial charge is 0.349 e. The Kier molecular flexibility index (Phi) is 5.58. The summed E-state index contributed by atoms with van der Waals surface area (Å²) in [5.74, 6) is -1.38. The van der Waals surface area contributed by atoms with Crippen molar-refractivity contribution in [3.63, 3.8) is 0 Å². The highest BCUT2D eigenvalue weighted by Crippen LogP contribution is 2.43. The van der Waals surface area contributed by atoms with Gasteiger partial charge in [0, 0.05) is 22.7 Å². The van der Waals surface area contributed by atoms with Gasteiger partial charge in [0.2, 0.25) is 0 Å². The van der Waals surface area contributed by atoms with Crippen LogP contribution in [0.2, 0.25) is 5.02 Å². The van der Waals surface area contributed by atoms with Gasteiger partial charge in [0.05, 0.1) is 16.8 Å². The van der Waals surface area contributed by atoms with Crippen molar-refractivity contribution >= 4 is 40.4 Å². The normalized spacial score (nSPS) is 17.5. The van der Waals surface area contributed by atoms with Gasteiger partial charge in [0.1, 0.15) is 10.7 Å². The Morgan fingerprint density at radius 1 is 1.20 bits per heavy atom. The van der Waals surface area contributed by atoms with E-state index in [0.29, 0.717) is 21.2 Å². The van der Waals surface area contributed by atoms with Gasteiger partial charge in [-0.1, -0.05) is 29.8 Å². The van der Waals surface area contributed by atoms with Gasteiger partial charge in [0.25, 0.3) is 11.8 Å². The van der Waals surface area contributed by atoms with Crippen molar-refractivity contribution < 1.29 is 14.0 Å². The summed E-state index contributed by atoms with van der Waals surface area (Å²) in [5, 5.41) is 7.03. The minimum absolute atomic E-state index is 0.101. The molecule has 30 heavy (non-hydrogen) atoms. The number of nitrogens with one attached hydrogen (secondary N) is 2. The van der Waals surface area contributed by atoms with Gasteiger partial charge in [-0.05, 0) is 49.6 Å². The molecule has 2 atom stereocenters. The predicted octanol–water partition coefficient (Wildman–Crippen LogP) is 5.09. The zero-order chi connectivity index (χ0) is 21.4. The van der Waals surface area contributed by atoms with E-state index < -0.39 is 11.7 Å². The van der Waals surface area contributed by atoms with Crippen molar-refractivity contribution in [2.24, 2.45) is 0 Å². The van der Waals surface area contributed by atoms with Crippen LogP contribution in [0.3, 0.4) is 0 Å². The summed E-state index contributed by atoms with van der Waals surface area (Å²) in [6.45, 7) is 3.48. The lowest BCUT2D eigenvalue weighted by Gasteiger charge is -2.12. The molecule has 5 nitrogen and oxygen atoms in total. The van der Waals surface area contributed by atoms with E-state index in [9.17, 15) is 14.0 Å². The number of carbonyl (C=O) groups is 2. The first kappa shape index (κ1) is 20.5. The number of aryl methyl sites for hydroxylation is 2. The van der Waals surface area contributed by atoms with Gasteiger partial charge in [-0.15, -0.1) is 11.3 Å². The lowest BCUT2D eigenvalue weighted by atomic mass is 10.1. The van der Waals surface area contributed by atoms with E-state index in [1.807, 2.05) is 24.3 Å². The average Bonchev–Trinajstić information content (AvgIpc) is 3.31. The van der Waals surface area contributed by atoms with Crippen molar-refractivity contribution in [3.05, 3.63) is 80.0 Å². The molecule has 0 spiro atoms. The van der Waals surface area contributed by atoms with E-state index in [4.69, 9.17) is 11.6 Å². The number of aromatic nitrogens is 1. The third-order valence-electron chi connectivity index (χ3n) is 5.06. The second-order valence-electron chi connectivity index (χ2n) is 7.29. The number of anilines is 1. The minimum atomic E-state index is -0.633. The summed E-state index contributed by atoms with van der Waals surface area (Å²) >= 11 is 7.49. The van der Waals surface area contributed by atoms with Crippen LogP contribution in [0.15, 0.2) is 42.6 Å². The molecule has 1 saturated carbocycles. The number of amides is 2. The quantitative estimate of drug-likeness (QED) is 0.577. The van der Waals surface area contributed by atoms with Crippen LogP contribution < -0.4 is 10.6 Å². The van der Waals surface area contributed by atoms with Crippen molar-refractivity contribution in [2.45, 2.75) is 32.2 Å². The summed E-state index contributed by atoms with van der Waals surface area (Å²) in [7, 11) is 0. The maximum Gasteiger partial charge on any atom is 0.267 e. The second kappa shape index (κ2) is 8.16. The Bertz CT molecular complexity index is 1150. The van der Waals surface area contributed by atoms with Gasteiger partial charge >= 0.3 is 0 Å². The number of thiazole rings is 1. The number of rotatable bonds is 5. The highest BCUT2D eigenvalue weighted by Gasteiger charge is 2.41. The van der Waals surface area contributed by atoms with Crippen molar-refractivity contribution in [3.8, 4) is 0 Å². The number of benzene rings is 2. The maximum absolute atomic E-state index is 14.5. The molecule has 3 aromatic rings. The summed E-state index contributed by atoms with van der Waals surface area (Å²) in [4.78, 5) is 29.6. The van der Waals surface area contributed by atoms with Gasteiger partial charge in [-0.3, -0.25) is 9.59 Å². The Morgan fingerprint density at radius 3 is 2.67 bits per heavy atom. The molecule has 154 valence electrons. The molecule has 1 heterocycles. The maximum atomic E-state index is 14.5. The first-order valence-corrected chi connectivity index (χ1v) is 10.6. The molecule has 0 unspecified atom stereocenters.